The minimum absolute atomic E-state index is 0.0749. The molecule has 5 aliphatic rings. The Morgan fingerprint density at radius 3 is 1.87 bits per heavy atom. The van der Waals surface area contributed by atoms with E-state index in [9.17, 15) is 4.79 Å². The Hall–Kier alpha value is -3.72. The lowest BCUT2D eigenvalue weighted by molar-refractivity contribution is -0.121. The minimum atomic E-state index is -0.0990. The molecule has 0 N–H and O–H groups in total. The molecule has 4 aromatic carbocycles. The van der Waals surface area contributed by atoms with Gasteiger partial charge in [-0.3, -0.25) is 9.69 Å². The van der Waals surface area contributed by atoms with Gasteiger partial charge in [0.2, 0.25) is 5.91 Å². The van der Waals surface area contributed by atoms with Crippen molar-refractivity contribution in [2.24, 2.45) is 16.8 Å². The second-order valence-corrected chi connectivity index (χ2v) is 9.06. The van der Waals surface area contributed by atoms with E-state index in [1.165, 1.54) is 22.3 Å². The number of carbonyl (C=O) groups excluding carboxylic acids is 1. The Bertz CT molecular complexity index is 1450. The number of rotatable bonds is 0. The molecular formula is C28H18N2O. The number of amidine groups is 1. The summed E-state index contributed by atoms with van der Waals surface area (Å²) in [5.41, 5.74) is 7.33. The van der Waals surface area contributed by atoms with Gasteiger partial charge in [0.25, 0.3) is 0 Å². The molecule has 2 bridgehead atoms. The first-order chi connectivity index (χ1) is 15.3. The van der Waals surface area contributed by atoms with Gasteiger partial charge in [0.05, 0.1) is 17.3 Å². The summed E-state index contributed by atoms with van der Waals surface area (Å²) in [4.78, 5) is 21.2. The molecule has 9 rings (SSSR count). The van der Waals surface area contributed by atoms with Gasteiger partial charge in [-0.05, 0) is 39.8 Å². The van der Waals surface area contributed by atoms with Gasteiger partial charge in [-0.15, -0.1) is 0 Å². The molecule has 146 valence electrons. The van der Waals surface area contributed by atoms with Crippen molar-refractivity contribution in [2.75, 3.05) is 4.90 Å². The monoisotopic (exact) mass is 398 g/mol. The van der Waals surface area contributed by atoms with Crippen molar-refractivity contribution < 1.29 is 4.79 Å². The van der Waals surface area contributed by atoms with Crippen LogP contribution in [0.2, 0.25) is 0 Å². The zero-order chi connectivity index (χ0) is 20.3. The molecule has 4 aromatic rings. The van der Waals surface area contributed by atoms with Crippen LogP contribution < -0.4 is 4.90 Å². The predicted octanol–water partition coefficient (Wildman–Crippen LogP) is 5.75. The maximum atomic E-state index is 14.1. The van der Waals surface area contributed by atoms with Crippen LogP contribution >= 0.6 is 0 Å². The molecule has 1 fully saturated rings. The average Bonchev–Trinajstić information content (AvgIpc) is 3.12. The number of carbonyl (C=O) groups is 1. The van der Waals surface area contributed by atoms with Crippen molar-refractivity contribution in [2.45, 2.75) is 11.8 Å². The second kappa shape index (κ2) is 5.30. The highest BCUT2D eigenvalue weighted by Crippen LogP contribution is 2.62. The van der Waals surface area contributed by atoms with E-state index in [1.807, 2.05) is 4.90 Å². The van der Waals surface area contributed by atoms with E-state index < -0.39 is 0 Å². The van der Waals surface area contributed by atoms with Gasteiger partial charge in [-0.25, -0.2) is 4.99 Å². The number of hydrogen-bond donors (Lipinski definition) is 0. The van der Waals surface area contributed by atoms with Gasteiger partial charge in [0.15, 0.2) is 0 Å². The van der Waals surface area contributed by atoms with Crippen LogP contribution in [0.5, 0.6) is 0 Å². The van der Waals surface area contributed by atoms with E-state index >= 15 is 0 Å². The number of amides is 1. The highest BCUT2D eigenvalue weighted by atomic mass is 16.2. The molecule has 31 heavy (non-hydrogen) atoms. The Morgan fingerprint density at radius 2 is 1.23 bits per heavy atom. The molecule has 1 saturated heterocycles. The van der Waals surface area contributed by atoms with Crippen LogP contribution in [0.3, 0.4) is 0 Å². The molecule has 0 spiro atoms. The molecule has 2 aliphatic heterocycles. The summed E-state index contributed by atoms with van der Waals surface area (Å²) in [5, 5.41) is 2.22. The molecule has 3 aliphatic carbocycles. The van der Waals surface area contributed by atoms with E-state index in [0.717, 1.165) is 28.0 Å². The van der Waals surface area contributed by atoms with Crippen molar-refractivity contribution >= 4 is 33.9 Å². The zero-order valence-corrected chi connectivity index (χ0v) is 16.7. The molecule has 0 saturated carbocycles. The molecule has 2 atom stereocenters. The molecule has 0 radical (unpaired) electrons. The van der Waals surface area contributed by atoms with Crippen molar-refractivity contribution in [3.8, 4) is 0 Å². The number of hydrogen-bond acceptors (Lipinski definition) is 2. The van der Waals surface area contributed by atoms with Gasteiger partial charge in [0, 0.05) is 23.1 Å². The number of anilines is 1. The third kappa shape index (κ3) is 1.74. The van der Waals surface area contributed by atoms with Crippen molar-refractivity contribution in [3.05, 3.63) is 107 Å². The van der Waals surface area contributed by atoms with Gasteiger partial charge < -0.3 is 0 Å². The summed E-state index contributed by atoms with van der Waals surface area (Å²) < 4.78 is 0. The third-order valence-corrected chi connectivity index (χ3v) is 7.81. The van der Waals surface area contributed by atoms with E-state index in [-0.39, 0.29) is 29.6 Å². The standard InChI is InChI=1S/C28H18N2O/c31-28-26-24-18-11-3-1-9-16(18)23(17-10-2-4-12-19(17)24)25(26)27-29-20-13-5-7-15-8-6-14-21(22(15)20)30(27)28/h1-14,23-26H/t23?,24?,25-,26+/m0/s1. The highest BCUT2D eigenvalue weighted by Gasteiger charge is 2.61. The second-order valence-electron chi connectivity index (χ2n) is 9.06. The van der Waals surface area contributed by atoms with Crippen LogP contribution in [-0.4, -0.2) is 11.7 Å². The fourth-order valence-corrected chi connectivity index (χ4v) is 6.77. The Balaban J connectivity index is 1.45. The molecule has 0 unspecified atom stereocenters. The Kier molecular flexibility index (Phi) is 2.74. The van der Waals surface area contributed by atoms with Crippen LogP contribution in [0, 0.1) is 11.8 Å². The van der Waals surface area contributed by atoms with Gasteiger partial charge in [0.1, 0.15) is 5.84 Å². The smallest absolute Gasteiger partial charge is 0.237 e. The van der Waals surface area contributed by atoms with E-state index in [0.29, 0.717) is 0 Å². The summed E-state index contributed by atoms with van der Waals surface area (Å²) in [5.74, 6) is 1.36. The summed E-state index contributed by atoms with van der Waals surface area (Å²) in [6, 6.07) is 29.9. The topological polar surface area (TPSA) is 32.7 Å². The lowest BCUT2D eigenvalue weighted by Crippen LogP contribution is -2.41. The Labute approximate surface area is 179 Å². The normalized spacial score (nSPS) is 26.3. The zero-order valence-electron chi connectivity index (χ0n) is 16.7. The maximum absolute atomic E-state index is 14.1. The van der Waals surface area contributed by atoms with Crippen molar-refractivity contribution in [1.29, 1.82) is 0 Å². The van der Waals surface area contributed by atoms with Crippen molar-refractivity contribution in [1.82, 2.24) is 0 Å². The number of aliphatic imine (C=N–C) groups is 1. The lowest BCUT2D eigenvalue weighted by atomic mass is 9.55. The summed E-state index contributed by atoms with van der Waals surface area (Å²) in [6.07, 6.45) is 0. The third-order valence-electron chi connectivity index (χ3n) is 7.81. The minimum Gasteiger partial charge on any atom is -0.274 e. The summed E-state index contributed by atoms with van der Waals surface area (Å²) >= 11 is 0. The van der Waals surface area contributed by atoms with Crippen LogP contribution in [0.15, 0.2) is 89.9 Å². The molecule has 3 heteroatoms. The first kappa shape index (κ1) is 16.0. The van der Waals surface area contributed by atoms with Gasteiger partial charge >= 0.3 is 0 Å². The summed E-state index contributed by atoms with van der Waals surface area (Å²) in [7, 11) is 0. The van der Waals surface area contributed by atoms with Gasteiger partial charge in [-0.2, -0.15) is 0 Å². The van der Waals surface area contributed by atoms with Crippen LogP contribution in [0.4, 0.5) is 11.4 Å². The predicted molar refractivity (Wildman–Crippen MR) is 122 cm³/mol. The average molecular weight is 398 g/mol. The fraction of sp³-hybridized carbons (Fsp3) is 0.143. The number of fused-ring (bicyclic) bond motifs is 2. The Morgan fingerprint density at radius 1 is 0.645 bits per heavy atom. The molecular weight excluding hydrogens is 380 g/mol. The quantitative estimate of drug-likeness (QED) is 0.371. The SMILES string of the molecule is O=C1[C@@H]2C3c4ccccc4C(c4ccccc43)[C@@H]2C2=Nc3cccc4cccc(c34)N12. The molecule has 1 amide bonds. The molecule has 0 aromatic heterocycles. The first-order valence-corrected chi connectivity index (χ1v) is 10.9. The van der Waals surface area contributed by atoms with E-state index in [2.05, 4.69) is 84.9 Å². The number of benzene rings is 4. The largest absolute Gasteiger partial charge is 0.274 e. The van der Waals surface area contributed by atoms with E-state index in [1.54, 1.807) is 0 Å². The molecule has 2 heterocycles. The number of nitrogens with zero attached hydrogens (tertiary/aromatic N) is 2. The van der Waals surface area contributed by atoms with Gasteiger partial charge in [-0.1, -0.05) is 72.8 Å². The van der Waals surface area contributed by atoms with Crippen LogP contribution in [0.1, 0.15) is 34.1 Å². The maximum Gasteiger partial charge on any atom is 0.237 e. The molecule has 3 nitrogen and oxygen atoms in total. The van der Waals surface area contributed by atoms with E-state index in [4.69, 9.17) is 4.99 Å². The van der Waals surface area contributed by atoms with Crippen LogP contribution in [-0.2, 0) is 4.79 Å². The highest BCUT2D eigenvalue weighted by molar-refractivity contribution is 6.31. The van der Waals surface area contributed by atoms with Crippen LogP contribution in [0.25, 0.3) is 10.8 Å². The summed E-state index contributed by atoms with van der Waals surface area (Å²) in [6.45, 7) is 0. The fourth-order valence-electron chi connectivity index (χ4n) is 6.77. The first-order valence-electron chi connectivity index (χ1n) is 10.9. The van der Waals surface area contributed by atoms with Crippen molar-refractivity contribution in [3.63, 3.8) is 0 Å². The lowest BCUT2D eigenvalue weighted by Gasteiger charge is -2.46.